The molecular formula is C8H7BBrNO. The zero-order valence-corrected chi connectivity index (χ0v) is 8.10. The molecule has 1 heterocycles. The SMILES string of the molecule is [B]n1cc(Br)c2c1CCCC2=O. The highest BCUT2D eigenvalue weighted by Gasteiger charge is 2.22. The lowest BCUT2D eigenvalue weighted by molar-refractivity contribution is 0.0971. The van der Waals surface area contributed by atoms with Gasteiger partial charge < -0.3 is 4.48 Å². The maximum Gasteiger partial charge on any atom is 0.233 e. The summed E-state index contributed by atoms with van der Waals surface area (Å²) in [6.07, 6.45) is 4.21. The molecule has 2 nitrogen and oxygen atoms in total. The Balaban J connectivity index is 2.62. The molecule has 0 spiro atoms. The number of carbonyl (C=O) groups excluding carboxylic acids is 1. The van der Waals surface area contributed by atoms with Gasteiger partial charge >= 0.3 is 0 Å². The number of Topliss-reactive ketones (excluding diaryl/α,β-unsaturated/α-hetero) is 1. The molecule has 1 aliphatic carbocycles. The van der Waals surface area contributed by atoms with Gasteiger partial charge in [-0.25, -0.2) is 0 Å². The summed E-state index contributed by atoms with van der Waals surface area (Å²) in [5.41, 5.74) is 1.74. The quantitative estimate of drug-likeness (QED) is 0.614. The van der Waals surface area contributed by atoms with Gasteiger partial charge in [0.1, 0.15) is 0 Å². The van der Waals surface area contributed by atoms with Crippen LogP contribution in [0.2, 0.25) is 0 Å². The van der Waals surface area contributed by atoms with Gasteiger partial charge in [-0.1, -0.05) is 0 Å². The van der Waals surface area contributed by atoms with Gasteiger partial charge in [0.2, 0.25) is 7.98 Å². The van der Waals surface area contributed by atoms with Crippen LogP contribution in [0.1, 0.15) is 28.9 Å². The number of fused-ring (bicyclic) bond motifs is 1. The average molecular weight is 224 g/mol. The second-order valence-corrected chi connectivity index (χ2v) is 3.84. The maximum absolute atomic E-state index is 11.4. The van der Waals surface area contributed by atoms with E-state index in [-0.39, 0.29) is 5.78 Å². The van der Waals surface area contributed by atoms with E-state index in [9.17, 15) is 4.79 Å². The molecule has 0 unspecified atom stereocenters. The molecule has 0 saturated heterocycles. The van der Waals surface area contributed by atoms with E-state index in [0.717, 1.165) is 28.6 Å². The number of hydrogen-bond donors (Lipinski definition) is 0. The van der Waals surface area contributed by atoms with Gasteiger partial charge in [0.15, 0.2) is 5.78 Å². The molecule has 1 aromatic heterocycles. The highest BCUT2D eigenvalue weighted by atomic mass is 79.9. The van der Waals surface area contributed by atoms with Crippen LogP contribution in [-0.2, 0) is 6.42 Å². The van der Waals surface area contributed by atoms with Gasteiger partial charge in [0.05, 0.1) is 5.56 Å². The maximum atomic E-state index is 11.4. The largest absolute Gasteiger partial charge is 0.405 e. The molecule has 0 aromatic carbocycles. The van der Waals surface area contributed by atoms with Crippen molar-refractivity contribution < 1.29 is 4.79 Å². The van der Waals surface area contributed by atoms with Crippen molar-refractivity contribution in [2.24, 2.45) is 0 Å². The molecule has 2 radical (unpaired) electrons. The molecule has 2 rings (SSSR count). The molecule has 0 aliphatic heterocycles. The number of halogens is 1. The third-order valence-electron chi connectivity index (χ3n) is 2.19. The number of hydrogen-bond acceptors (Lipinski definition) is 1. The van der Waals surface area contributed by atoms with Crippen molar-refractivity contribution in [3.05, 3.63) is 21.9 Å². The van der Waals surface area contributed by atoms with Crippen LogP contribution in [0.5, 0.6) is 0 Å². The molecule has 0 saturated carbocycles. The fourth-order valence-corrected chi connectivity index (χ4v) is 2.29. The first kappa shape index (κ1) is 8.11. The Hall–Kier alpha value is -0.505. The van der Waals surface area contributed by atoms with E-state index >= 15 is 0 Å². The minimum atomic E-state index is 0.201. The molecule has 60 valence electrons. The van der Waals surface area contributed by atoms with Crippen LogP contribution in [0.15, 0.2) is 10.7 Å². The molecule has 12 heavy (non-hydrogen) atoms. The van der Waals surface area contributed by atoms with Crippen molar-refractivity contribution in [1.82, 2.24) is 4.48 Å². The highest BCUT2D eigenvalue weighted by Crippen LogP contribution is 2.28. The van der Waals surface area contributed by atoms with Gasteiger partial charge in [-0.2, -0.15) is 0 Å². The van der Waals surface area contributed by atoms with E-state index in [1.807, 2.05) is 0 Å². The van der Waals surface area contributed by atoms with Crippen LogP contribution in [0, 0.1) is 0 Å². The van der Waals surface area contributed by atoms with Crippen LogP contribution >= 0.6 is 15.9 Å². The number of aromatic nitrogens is 1. The molecule has 0 fully saturated rings. The Kier molecular flexibility index (Phi) is 1.87. The number of nitrogens with zero attached hydrogens (tertiary/aromatic N) is 1. The Morgan fingerprint density at radius 2 is 2.25 bits per heavy atom. The summed E-state index contributed by atoms with van der Waals surface area (Å²) in [5, 5.41) is 0. The summed E-state index contributed by atoms with van der Waals surface area (Å²) in [7, 11) is 5.66. The number of carbonyl (C=O) groups is 1. The summed E-state index contributed by atoms with van der Waals surface area (Å²) in [6.45, 7) is 0. The Labute approximate surface area is 80.5 Å². The van der Waals surface area contributed by atoms with Gasteiger partial charge in [0, 0.05) is 22.8 Å². The topological polar surface area (TPSA) is 22.0 Å². The normalized spacial score (nSPS) is 16.2. The lowest BCUT2D eigenvalue weighted by atomic mass is 9.96. The van der Waals surface area contributed by atoms with Crippen LogP contribution in [0.3, 0.4) is 0 Å². The molecule has 0 atom stereocenters. The fraction of sp³-hybridized carbons (Fsp3) is 0.375. The smallest absolute Gasteiger partial charge is 0.233 e. The molecule has 0 N–H and O–H groups in total. The first-order valence-electron chi connectivity index (χ1n) is 3.88. The molecule has 1 aromatic rings. The average Bonchev–Trinajstić information content (AvgIpc) is 2.29. The van der Waals surface area contributed by atoms with Crippen molar-refractivity contribution in [3.8, 4) is 0 Å². The molecule has 1 aliphatic rings. The number of ketones is 1. The van der Waals surface area contributed by atoms with E-state index < -0.39 is 0 Å². The van der Waals surface area contributed by atoms with E-state index in [2.05, 4.69) is 15.9 Å². The molecule has 0 bridgehead atoms. The van der Waals surface area contributed by atoms with Gasteiger partial charge in [0.25, 0.3) is 0 Å². The van der Waals surface area contributed by atoms with Gasteiger partial charge in [-0.05, 0) is 28.8 Å². The third kappa shape index (κ3) is 1.05. The zero-order valence-electron chi connectivity index (χ0n) is 6.51. The Morgan fingerprint density at radius 1 is 1.50 bits per heavy atom. The zero-order chi connectivity index (χ0) is 8.72. The van der Waals surface area contributed by atoms with Crippen molar-refractivity contribution in [3.63, 3.8) is 0 Å². The standard InChI is InChI=1S/C8H7BBrNO/c9-11-4-5(10)8-6(11)2-1-3-7(8)12/h4H,1-3H2. The van der Waals surface area contributed by atoms with E-state index in [1.165, 1.54) is 4.48 Å². The third-order valence-corrected chi connectivity index (χ3v) is 2.79. The molecule has 4 heteroatoms. The van der Waals surface area contributed by atoms with Gasteiger partial charge in [-0.3, -0.25) is 4.79 Å². The van der Waals surface area contributed by atoms with Crippen molar-refractivity contribution in [2.75, 3.05) is 0 Å². The van der Waals surface area contributed by atoms with E-state index in [1.54, 1.807) is 6.20 Å². The minimum Gasteiger partial charge on any atom is -0.405 e. The summed E-state index contributed by atoms with van der Waals surface area (Å²) < 4.78 is 2.36. The molecule has 0 amide bonds. The van der Waals surface area contributed by atoms with E-state index in [0.29, 0.717) is 6.42 Å². The van der Waals surface area contributed by atoms with Crippen LogP contribution in [0.4, 0.5) is 0 Å². The summed E-state index contributed by atoms with van der Waals surface area (Å²) >= 11 is 3.32. The Bertz CT molecular complexity index is 345. The van der Waals surface area contributed by atoms with Crippen molar-refractivity contribution in [1.29, 1.82) is 0 Å². The van der Waals surface area contributed by atoms with Crippen LogP contribution in [0.25, 0.3) is 0 Å². The summed E-state index contributed by atoms with van der Waals surface area (Å²) in [5.74, 6) is 0.201. The predicted octanol–water partition coefficient (Wildman–Crippen LogP) is 1.70. The lowest BCUT2D eigenvalue weighted by Crippen LogP contribution is -2.12. The van der Waals surface area contributed by atoms with Crippen LogP contribution in [-0.4, -0.2) is 18.2 Å². The molecular weight excluding hydrogens is 217 g/mol. The monoisotopic (exact) mass is 223 g/mol. The number of rotatable bonds is 0. The van der Waals surface area contributed by atoms with Crippen molar-refractivity contribution >= 4 is 29.7 Å². The van der Waals surface area contributed by atoms with Crippen molar-refractivity contribution in [2.45, 2.75) is 19.3 Å². The minimum absolute atomic E-state index is 0.201. The second-order valence-electron chi connectivity index (χ2n) is 2.98. The lowest BCUT2D eigenvalue weighted by Gasteiger charge is -2.12. The highest BCUT2D eigenvalue weighted by molar-refractivity contribution is 9.10. The summed E-state index contributed by atoms with van der Waals surface area (Å²) in [6, 6.07) is 0. The second kappa shape index (κ2) is 2.77. The van der Waals surface area contributed by atoms with Gasteiger partial charge in [-0.15, -0.1) is 0 Å². The summed E-state index contributed by atoms with van der Waals surface area (Å²) in [4.78, 5) is 11.4. The Morgan fingerprint density at radius 3 is 2.92 bits per heavy atom. The predicted molar refractivity (Wildman–Crippen MR) is 50.6 cm³/mol. The first-order chi connectivity index (χ1) is 5.70. The first-order valence-corrected chi connectivity index (χ1v) is 4.67. The fourth-order valence-electron chi connectivity index (χ4n) is 1.62. The van der Waals surface area contributed by atoms with E-state index in [4.69, 9.17) is 7.98 Å². The van der Waals surface area contributed by atoms with Crippen LogP contribution < -0.4 is 0 Å².